The molecule has 0 bridgehead atoms. The summed E-state index contributed by atoms with van der Waals surface area (Å²) in [7, 11) is 3.53. The Hall–Kier alpha value is -1.51. The molecule has 0 spiro atoms. The van der Waals surface area contributed by atoms with E-state index >= 15 is 0 Å². The van der Waals surface area contributed by atoms with Crippen LogP contribution in [-0.4, -0.2) is 30.9 Å². The van der Waals surface area contributed by atoms with E-state index in [9.17, 15) is 4.79 Å². The van der Waals surface area contributed by atoms with E-state index in [1.54, 1.807) is 19.0 Å². The maximum atomic E-state index is 11.7. The Balaban J connectivity index is 2.66. The summed E-state index contributed by atoms with van der Waals surface area (Å²) in [5.74, 6) is 0.614. The molecular weight excluding hydrogens is 212 g/mol. The first kappa shape index (κ1) is 13.6. The first-order valence-corrected chi connectivity index (χ1v) is 5.99. The monoisotopic (exact) mass is 234 g/mol. The molecule has 1 atom stereocenters. The van der Waals surface area contributed by atoms with Gasteiger partial charge in [-0.2, -0.15) is 0 Å². The molecule has 0 aromatic heterocycles. The lowest BCUT2D eigenvalue weighted by atomic mass is 10.0. The quantitative estimate of drug-likeness (QED) is 0.868. The second-order valence-corrected chi connectivity index (χ2v) is 4.88. The number of hydrogen-bond acceptors (Lipinski definition) is 2. The van der Waals surface area contributed by atoms with Gasteiger partial charge < -0.3 is 10.2 Å². The number of amides is 1. The summed E-state index contributed by atoms with van der Waals surface area (Å²) in [6.07, 6.45) is 0. The molecule has 0 aliphatic rings. The second-order valence-electron chi connectivity index (χ2n) is 4.88. The Labute approximate surface area is 104 Å². The Morgan fingerprint density at radius 1 is 1.12 bits per heavy atom. The molecular formula is C14H22N2O. The van der Waals surface area contributed by atoms with Crippen LogP contribution in [0.25, 0.3) is 0 Å². The minimum Gasteiger partial charge on any atom is -0.374 e. The Bertz CT molecular complexity index is 368. The van der Waals surface area contributed by atoms with Crippen molar-refractivity contribution in [3.05, 3.63) is 29.8 Å². The number of hydrogen-bond donors (Lipinski definition) is 1. The number of carbonyl (C=O) groups excluding carboxylic acids is 1. The molecule has 0 saturated heterocycles. The molecule has 94 valence electrons. The number of benzene rings is 1. The summed E-state index contributed by atoms with van der Waals surface area (Å²) < 4.78 is 0. The van der Waals surface area contributed by atoms with Crippen LogP contribution < -0.4 is 5.32 Å². The van der Waals surface area contributed by atoms with Gasteiger partial charge in [0.15, 0.2) is 0 Å². The van der Waals surface area contributed by atoms with Crippen LogP contribution in [0.3, 0.4) is 0 Å². The molecule has 0 saturated carbocycles. The number of likely N-dealkylation sites (N-methyl/N-ethyl adjacent to an activating group) is 1. The zero-order valence-electron chi connectivity index (χ0n) is 11.3. The van der Waals surface area contributed by atoms with E-state index in [-0.39, 0.29) is 11.9 Å². The maximum absolute atomic E-state index is 11.7. The van der Waals surface area contributed by atoms with Crippen molar-refractivity contribution in [2.24, 2.45) is 0 Å². The molecule has 0 heterocycles. The SMILES string of the molecule is CC(Nc1ccc(C(C)C)cc1)C(=O)N(C)C. The normalized spacial score (nSPS) is 12.4. The number of carbonyl (C=O) groups is 1. The molecule has 3 heteroatoms. The Morgan fingerprint density at radius 2 is 1.65 bits per heavy atom. The van der Waals surface area contributed by atoms with Crippen molar-refractivity contribution in [2.75, 3.05) is 19.4 Å². The molecule has 1 aromatic carbocycles. The predicted octanol–water partition coefficient (Wildman–Crippen LogP) is 2.70. The molecule has 0 fully saturated rings. The molecule has 17 heavy (non-hydrogen) atoms. The molecule has 3 nitrogen and oxygen atoms in total. The lowest BCUT2D eigenvalue weighted by Crippen LogP contribution is -2.36. The molecule has 0 aliphatic heterocycles. The van der Waals surface area contributed by atoms with E-state index in [1.165, 1.54) is 5.56 Å². The van der Waals surface area contributed by atoms with E-state index in [0.717, 1.165) is 5.69 Å². The Kier molecular flexibility index (Phi) is 4.55. The molecule has 0 aliphatic carbocycles. The van der Waals surface area contributed by atoms with Crippen LogP contribution in [-0.2, 0) is 4.79 Å². The number of nitrogens with zero attached hydrogens (tertiary/aromatic N) is 1. The lowest BCUT2D eigenvalue weighted by molar-refractivity contribution is -0.129. The fourth-order valence-electron chi connectivity index (χ4n) is 1.66. The average Bonchev–Trinajstić information content (AvgIpc) is 2.28. The van der Waals surface area contributed by atoms with Gasteiger partial charge in [0, 0.05) is 19.8 Å². The van der Waals surface area contributed by atoms with Gasteiger partial charge in [0.2, 0.25) is 5.91 Å². The topological polar surface area (TPSA) is 32.3 Å². The highest BCUT2D eigenvalue weighted by Crippen LogP contribution is 2.17. The van der Waals surface area contributed by atoms with Gasteiger partial charge in [-0.25, -0.2) is 0 Å². The summed E-state index contributed by atoms with van der Waals surface area (Å²) in [6, 6.07) is 8.04. The van der Waals surface area contributed by atoms with Crippen LogP contribution in [0.5, 0.6) is 0 Å². The molecule has 1 rings (SSSR count). The number of rotatable bonds is 4. The summed E-state index contributed by atoms with van der Waals surface area (Å²) >= 11 is 0. The smallest absolute Gasteiger partial charge is 0.244 e. The summed E-state index contributed by atoms with van der Waals surface area (Å²) in [4.78, 5) is 13.3. The van der Waals surface area contributed by atoms with E-state index < -0.39 is 0 Å². The van der Waals surface area contributed by atoms with Gasteiger partial charge in [0.25, 0.3) is 0 Å². The summed E-state index contributed by atoms with van der Waals surface area (Å²) in [5, 5.41) is 3.20. The van der Waals surface area contributed by atoms with Gasteiger partial charge in [-0.3, -0.25) is 4.79 Å². The molecule has 1 unspecified atom stereocenters. The molecule has 1 aromatic rings. The van der Waals surface area contributed by atoms with Crippen LogP contribution in [0.15, 0.2) is 24.3 Å². The minimum atomic E-state index is -0.199. The highest BCUT2D eigenvalue weighted by molar-refractivity contribution is 5.83. The van der Waals surface area contributed by atoms with Crippen molar-refractivity contribution in [1.82, 2.24) is 4.90 Å². The van der Waals surface area contributed by atoms with E-state index in [0.29, 0.717) is 5.92 Å². The zero-order valence-corrected chi connectivity index (χ0v) is 11.3. The van der Waals surface area contributed by atoms with Gasteiger partial charge in [0.05, 0.1) is 0 Å². The van der Waals surface area contributed by atoms with Crippen molar-refractivity contribution < 1.29 is 4.79 Å². The van der Waals surface area contributed by atoms with Crippen LogP contribution in [0.1, 0.15) is 32.3 Å². The first-order valence-electron chi connectivity index (χ1n) is 5.99. The standard InChI is InChI=1S/C14H22N2O/c1-10(2)12-6-8-13(9-7-12)15-11(3)14(17)16(4)5/h6-11,15H,1-5H3. The third-order valence-electron chi connectivity index (χ3n) is 2.77. The third-order valence-corrected chi connectivity index (χ3v) is 2.77. The highest BCUT2D eigenvalue weighted by atomic mass is 16.2. The summed E-state index contributed by atoms with van der Waals surface area (Å²) in [5.41, 5.74) is 2.29. The van der Waals surface area contributed by atoms with Crippen molar-refractivity contribution in [3.8, 4) is 0 Å². The molecule has 1 N–H and O–H groups in total. The predicted molar refractivity (Wildman–Crippen MR) is 72.3 cm³/mol. The van der Waals surface area contributed by atoms with Gasteiger partial charge >= 0.3 is 0 Å². The number of anilines is 1. The van der Waals surface area contributed by atoms with Crippen LogP contribution in [0, 0.1) is 0 Å². The minimum absolute atomic E-state index is 0.0814. The van der Waals surface area contributed by atoms with Gasteiger partial charge in [-0.05, 0) is 30.5 Å². The van der Waals surface area contributed by atoms with E-state index in [2.05, 4.69) is 31.3 Å². The average molecular weight is 234 g/mol. The van der Waals surface area contributed by atoms with Crippen molar-refractivity contribution in [3.63, 3.8) is 0 Å². The summed E-state index contributed by atoms with van der Waals surface area (Å²) in [6.45, 7) is 6.21. The highest BCUT2D eigenvalue weighted by Gasteiger charge is 2.14. The first-order chi connectivity index (χ1) is 7.91. The fourth-order valence-corrected chi connectivity index (χ4v) is 1.66. The van der Waals surface area contributed by atoms with E-state index in [4.69, 9.17) is 0 Å². The maximum Gasteiger partial charge on any atom is 0.244 e. The van der Waals surface area contributed by atoms with E-state index in [1.807, 2.05) is 19.1 Å². The number of nitrogens with one attached hydrogen (secondary N) is 1. The third kappa shape index (κ3) is 3.77. The largest absolute Gasteiger partial charge is 0.374 e. The molecule has 0 radical (unpaired) electrons. The molecule has 1 amide bonds. The van der Waals surface area contributed by atoms with Gasteiger partial charge in [-0.1, -0.05) is 26.0 Å². The van der Waals surface area contributed by atoms with Crippen LogP contribution in [0.4, 0.5) is 5.69 Å². The lowest BCUT2D eigenvalue weighted by Gasteiger charge is -2.19. The van der Waals surface area contributed by atoms with Gasteiger partial charge in [0.1, 0.15) is 6.04 Å². The fraction of sp³-hybridized carbons (Fsp3) is 0.500. The van der Waals surface area contributed by atoms with Crippen LogP contribution >= 0.6 is 0 Å². The Morgan fingerprint density at radius 3 is 2.06 bits per heavy atom. The van der Waals surface area contributed by atoms with Crippen molar-refractivity contribution in [2.45, 2.75) is 32.7 Å². The van der Waals surface area contributed by atoms with Gasteiger partial charge in [-0.15, -0.1) is 0 Å². The van der Waals surface area contributed by atoms with Crippen LogP contribution in [0.2, 0.25) is 0 Å². The second kappa shape index (κ2) is 5.71. The van der Waals surface area contributed by atoms with Crippen molar-refractivity contribution >= 4 is 11.6 Å². The van der Waals surface area contributed by atoms with Crippen molar-refractivity contribution in [1.29, 1.82) is 0 Å². The zero-order chi connectivity index (χ0) is 13.0.